The van der Waals surface area contributed by atoms with E-state index in [0.29, 0.717) is 13.2 Å². The van der Waals surface area contributed by atoms with Crippen molar-refractivity contribution < 1.29 is 4.74 Å². The number of alkyl halides is 1. The summed E-state index contributed by atoms with van der Waals surface area (Å²) in [6, 6.07) is 0. The summed E-state index contributed by atoms with van der Waals surface area (Å²) in [6.07, 6.45) is 0. The number of hydrogen-bond donors (Lipinski definition) is 1. The minimum Gasteiger partial charge on any atom is -0.383 e. The van der Waals surface area contributed by atoms with Crippen LogP contribution in [0.25, 0.3) is 0 Å². The van der Waals surface area contributed by atoms with Crippen molar-refractivity contribution in [3.8, 4) is 0 Å². The van der Waals surface area contributed by atoms with Crippen molar-refractivity contribution in [3.63, 3.8) is 0 Å². The first-order valence-corrected chi connectivity index (χ1v) is 5.10. The lowest BCUT2D eigenvalue weighted by Crippen LogP contribution is -2.18. The van der Waals surface area contributed by atoms with Gasteiger partial charge in [0, 0.05) is 25.2 Å². The van der Waals surface area contributed by atoms with Gasteiger partial charge in [-0.3, -0.25) is 0 Å². The normalized spacial score (nSPS) is 12.8. The Morgan fingerprint density at radius 2 is 2.46 bits per heavy atom. The zero-order valence-corrected chi connectivity index (χ0v) is 9.15. The molecule has 1 unspecified atom stereocenters. The molecule has 0 bridgehead atoms. The van der Waals surface area contributed by atoms with Gasteiger partial charge in [-0.15, -0.1) is 11.6 Å². The van der Waals surface area contributed by atoms with E-state index in [9.17, 15) is 0 Å². The first-order chi connectivity index (χ1) is 6.22. The largest absolute Gasteiger partial charge is 0.383 e. The van der Waals surface area contributed by atoms with Gasteiger partial charge in [-0.2, -0.15) is 4.37 Å². The van der Waals surface area contributed by atoms with E-state index in [1.807, 2.05) is 6.92 Å². The van der Waals surface area contributed by atoms with Gasteiger partial charge >= 0.3 is 0 Å². The Balaban J connectivity index is 2.26. The van der Waals surface area contributed by atoms with Crippen LogP contribution in [-0.2, 0) is 4.74 Å². The number of halogens is 1. The molecule has 0 radical (unpaired) electrons. The van der Waals surface area contributed by atoms with E-state index >= 15 is 0 Å². The Morgan fingerprint density at radius 1 is 1.69 bits per heavy atom. The third-order valence-corrected chi connectivity index (χ3v) is 2.39. The molecule has 1 rings (SSSR count). The van der Waals surface area contributed by atoms with Crippen LogP contribution < -0.4 is 5.32 Å². The Kier molecular flexibility index (Phi) is 4.41. The number of hydrogen-bond acceptors (Lipinski definition) is 5. The summed E-state index contributed by atoms with van der Waals surface area (Å²) >= 11 is 7.24. The summed E-state index contributed by atoms with van der Waals surface area (Å²) in [5.41, 5.74) is 0. The van der Waals surface area contributed by atoms with Crippen molar-refractivity contribution in [2.45, 2.75) is 12.3 Å². The topological polar surface area (TPSA) is 47.0 Å². The highest BCUT2D eigenvalue weighted by molar-refractivity contribution is 7.09. The molecule has 0 saturated heterocycles. The third-order valence-electron chi connectivity index (χ3n) is 1.35. The smallest absolute Gasteiger partial charge is 0.202 e. The standard InChI is InChI=1S/C7H12ClN3OS/c1-5-10-7(13-11-5)9-3-6(8)4-12-2/h6H,3-4H2,1-2H3,(H,9,10,11). The number of nitrogens with one attached hydrogen (secondary N) is 1. The van der Waals surface area contributed by atoms with Crippen LogP contribution in [0, 0.1) is 6.92 Å². The second kappa shape index (κ2) is 5.36. The van der Waals surface area contributed by atoms with E-state index in [2.05, 4.69) is 14.7 Å². The molecule has 13 heavy (non-hydrogen) atoms. The van der Waals surface area contributed by atoms with Crippen molar-refractivity contribution in [3.05, 3.63) is 5.82 Å². The van der Waals surface area contributed by atoms with E-state index < -0.39 is 0 Å². The summed E-state index contributed by atoms with van der Waals surface area (Å²) in [6.45, 7) is 3.03. The molecule has 0 aliphatic carbocycles. The highest BCUT2D eigenvalue weighted by Crippen LogP contribution is 2.10. The summed E-state index contributed by atoms with van der Waals surface area (Å²) in [4.78, 5) is 4.14. The molecule has 1 aromatic heterocycles. The Labute approximate surface area is 86.4 Å². The molecule has 4 nitrogen and oxygen atoms in total. The predicted molar refractivity (Wildman–Crippen MR) is 54.7 cm³/mol. The Morgan fingerprint density at radius 3 is 3.00 bits per heavy atom. The van der Waals surface area contributed by atoms with Crippen molar-refractivity contribution in [2.75, 3.05) is 25.6 Å². The Bertz CT molecular complexity index is 256. The lowest BCUT2D eigenvalue weighted by atomic mass is 10.4. The van der Waals surface area contributed by atoms with E-state index in [1.54, 1.807) is 7.11 Å². The maximum absolute atomic E-state index is 5.91. The van der Waals surface area contributed by atoms with Gasteiger partial charge in [-0.05, 0) is 6.92 Å². The number of aromatic nitrogens is 2. The van der Waals surface area contributed by atoms with Crippen LogP contribution in [0.1, 0.15) is 5.82 Å². The van der Waals surface area contributed by atoms with E-state index in [4.69, 9.17) is 16.3 Å². The highest BCUT2D eigenvalue weighted by atomic mass is 35.5. The zero-order chi connectivity index (χ0) is 9.68. The maximum atomic E-state index is 5.91. The molecule has 1 atom stereocenters. The van der Waals surface area contributed by atoms with Crippen molar-refractivity contribution >= 4 is 28.3 Å². The molecule has 0 aliphatic rings. The lowest BCUT2D eigenvalue weighted by Gasteiger charge is -2.07. The molecule has 1 aromatic rings. The number of nitrogens with zero attached hydrogens (tertiary/aromatic N) is 2. The Hall–Kier alpha value is -0.390. The molecule has 0 aromatic carbocycles. The fourth-order valence-electron chi connectivity index (χ4n) is 0.807. The van der Waals surface area contributed by atoms with Gasteiger partial charge in [0.1, 0.15) is 5.82 Å². The molecular weight excluding hydrogens is 210 g/mol. The molecule has 0 aliphatic heterocycles. The molecule has 0 spiro atoms. The summed E-state index contributed by atoms with van der Waals surface area (Å²) in [5, 5.41) is 3.85. The molecule has 0 fully saturated rings. The number of aryl methyl sites for hydroxylation is 1. The zero-order valence-electron chi connectivity index (χ0n) is 7.58. The third kappa shape index (κ3) is 3.89. The number of ether oxygens (including phenoxy) is 1. The van der Waals surface area contributed by atoms with Crippen molar-refractivity contribution in [2.24, 2.45) is 0 Å². The van der Waals surface area contributed by atoms with Gasteiger partial charge in [-0.1, -0.05) is 0 Å². The number of anilines is 1. The van der Waals surface area contributed by atoms with E-state index in [0.717, 1.165) is 11.0 Å². The first kappa shape index (κ1) is 10.7. The van der Waals surface area contributed by atoms with Crippen LogP contribution in [0.2, 0.25) is 0 Å². The quantitative estimate of drug-likeness (QED) is 0.766. The SMILES string of the molecule is COCC(Cl)CNc1nc(C)ns1. The lowest BCUT2D eigenvalue weighted by molar-refractivity contribution is 0.200. The van der Waals surface area contributed by atoms with Crippen LogP contribution in [0.4, 0.5) is 5.13 Å². The fourth-order valence-corrected chi connectivity index (χ4v) is 1.59. The van der Waals surface area contributed by atoms with Gasteiger partial charge < -0.3 is 10.1 Å². The minimum absolute atomic E-state index is 0.0331. The summed E-state index contributed by atoms with van der Waals surface area (Å²) < 4.78 is 8.93. The van der Waals surface area contributed by atoms with Crippen LogP contribution in [0.15, 0.2) is 0 Å². The number of rotatable bonds is 5. The number of methoxy groups -OCH3 is 1. The minimum atomic E-state index is -0.0331. The first-order valence-electron chi connectivity index (χ1n) is 3.89. The van der Waals surface area contributed by atoms with Crippen LogP contribution in [0.3, 0.4) is 0 Å². The maximum Gasteiger partial charge on any atom is 0.202 e. The van der Waals surface area contributed by atoms with E-state index in [1.165, 1.54) is 11.5 Å². The second-order valence-corrected chi connectivity index (χ2v) is 3.95. The molecule has 6 heteroatoms. The van der Waals surface area contributed by atoms with Gasteiger partial charge in [0.05, 0.1) is 12.0 Å². The van der Waals surface area contributed by atoms with Gasteiger partial charge in [0.15, 0.2) is 0 Å². The van der Waals surface area contributed by atoms with Gasteiger partial charge in [-0.25, -0.2) is 4.98 Å². The van der Waals surface area contributed by atoms with Crippen LogP contribution in [-0.4, -0.2) is 35.0 Å². The fraction of sp³-hybridized carbons (Fsp3) is 0.714. The van der Waals surface area contributed by atoms with Crippen LogP contribution in [0.5, 0.6) is 0 Å². The molecule has 1 N–H and O–H groups in total. The molecule has 0 saturated carbocycles. The summed E-state index contributed by atoms with van der Waals surface area (Å²) in [5.74, 6) is 0.783. The van der Waals surface area contributed by atoms with Gasteiger partial charge in [0.25, 0.3) is 0 Å². The molecule has 74 valence electrons. The second-order valence-electron chi connectivity index (χ2n) is 2.58. The average Bonchev–Trinajstić information content (AvgIpc) is 2.49. The average molecular weight is 222 g/mol. The predicted octanol–water partition coefficient (Wildman–Crippen LogP) is 1.51. The monoisotopic (exact) mass is 221 g/mol. The molecule has 1 heterocycles. The van der Waals surface area contributed by atoms with Gasteiger partial charge in [0.2, 0.25) is 5.13 Å². The van der Waals surface area contributed by atoms with E-state index in [-0.39, 0.29) is 5.38 Å². The molecule has 0 amide bonds. The van der Waals surface area contributed by atoms with Crippen molar-refractivity contribution in [1.29, 1.82) is 0 Å². The molecular formula is C7H12ClN3OS. The highest BCUT2D eigenvalue weighted by Gasteiger charge is 2.05. The summed E-state index contributed by atoms with van der Waals surface area (Å²) in [7, 11) is 1.63. The van der Waals surface area contributed by atoms with Crippen molar-refractivity contribution in [1.82, 2.24) is 9.36 Å². The van der Waals surface area contributed by atoms with Crippen LogP contribution >= 0.6 is 23.1 Å².